The zero-order chi connectivity index (χ0) is 17.8. The zero-order valence-electron chi connectivity index (χ0n) is 14.0. The van der Waals surface area contributed by atoms with Crippen molar-refractivity contribution in [2.45, 2.75) is 18.9 Å². The SMILES string of the molecule is COC(=O)C1CCCN1C(=O)CNC(=O)c1cccc2ccccc12. The molecule has 0 aliphatic carbocycles. The lowest BCUT2D eigenvalue weighted by molar-refractivity contribution is -0.150. The Bertz CT molecular complexity index is 813. The molecule has 0 radical (unpaired) electrons. The van der Waals surface area contributed by atoms with Crippen LogP contribution in [0.4, 0.5) is 0 Å². The number of hydrogen-bond acceptors (Lipinski definition) is 4. The first-order valence-corrected chi connectivity index (χ1v) is 8.25. The molecule has 1 heterocycles. The molecule has 2 aromatic rings. The van der Waals surface area contributed by atoms with Gasteiger partial charge in [0.1, 0.15) is 6.04 Å². The molecule has 6 heteroatoms. The van der Waals surface area contributed by atoms with Gasteiger partial charge >= 0.3 is 5.97 Å². The van der Waals surface area contributed by atoms with E-state index in [1.165, 1.54) is 12.0 Å². The van der Waals surface area contributed by atoms with E-state index in [2.05, 4.69) is 5.32 Å². The Kier molecular flexibility index (Phi) is 4.97. The van der Waals surface area contributed by atoms with Crippen LogP contribution < -0.4 is 5.32 Å². The Hall–Kier alpha value is -2.89. The van der Waals surface area contributed by atoms with Crippen molar-refractivity contribution in [1.82, 2.24) is 10.2 Å². The molecule has 6 nitrogen and oxygen atoms in total. The van der Waals surface area contributed by atoms with Gasteiger partial charge in [0.2, 0.25) is 5.91 Å². The highest BCUT2D eigenvalue weighted by Gasteiger charge is 2.34. The highest BCUT2D eigenvalue weighted by atomic mass is 16.5. The maximum absolute atomic E-state index is 12.5. The molecular weight excluding hydrogens is 320 g/mol. The number of rotatable bonds is 4. The third-order valence-electron chi connectivity index (χ3n) is 4.48. The molecule has 1 aliphatic heterocycles. The number of nitrogens with zero attached hydrogens (tertiary/aromatic N) is 1. The fourth-order valence-electron chi connectivity index (χ4n) is 3.22. The molecule has 2 aromatic carbocycles. The summed E-state index contributed by atoms with van der Waals surface area (Å²) in [4.78, 5) is 38.1. The third kappa shape index (κ3) is 3.47. The largest absolute Gasteiger partial charge is 0.467 e. The van der Waals surface area contributed by atoms with Crippen LogP contribution >= 0.6 is 0 Å². The highest BCUT2D eigenvalue weighted by molar-refractivity contribution is 6.07. The van der Waals surface area contributed by atoms with Gasteiger partial charge in [-0.3, -0.25) is 9.59 Å². The van der Waals surface area contributed by atoms with E-state index in [-0.39, 0.29) is 18.4 Å². The Morgan fingerprint density at radius 3 is 2.72 bits per heavy atom. The maximum Gasteiger partial charge on any atom is 0.328 e. The molecule has 0 spiro atoms. The first kappa shape index (κ1) is 17.0. The van der Waals surface area contributed by atoms with E-state index in [1.807, 2.05) is 36.4 Å². The standard InChI is InChI=1S/C19H20N2O4/c1-25-19(24)16-10-5-11-21(16)17(22)12-20-18(23)15-9-4-7-13-6-2-3-8-14(13)15/h2-4,6-9,16H,5,10-12H2,1H3,(H,20,23). The van der Waals surface area contributed by atoms with Crippen molar-refractivity contribution in [3.8, 4) is 0 Å². The van der Waals surface area contributed by atoms with Crippen LogP contribution in [-0.4, -0.2) is 48.9 Å². The zero-order valence-corrected chi connectivity index (χ0v) is 14.0. The van der Waals surface area contributed by atoms with Crippen molar-refractivity contribution in [2.24, 2.45) is 0 Å². The maximum atomic E-state index is 12.5. The molecule has 1 aliphatic rings. The van der Waals surface area contributed by atoms with Crippen LogP contribution in [0.3, 0.4) is 0 Å². The minimum atomic E-state index is -0.549. The first-order valence-electron chi connectivity index (χ1n) is 8.25. The number of nitrogens with one attached hydrogen (secondary N) is 1. The second kappa shape index (κ2) is 7.34. The van der Waals surface area contributed by atoms with E-state index in [9.17, 15) is 14.4 Å². The normalized spacial score (nSPS) is 16.7. The summed E-state index contributed by atoms with van der Waals surface area (Å²) in [6.45, 7) is 0.359. The number of carbonyl (C=O) groups is 3. The van der Waals surface area contributed by atoms with Gasteiger partial charge in [0.05, 0.1) is 13.7 Å². The van der Waals surface area contributed by atoms with E-state index >= 15 is 0 Å². The van der Waals surface area contributed by atoms with Gasteiger partial charge in [-0.2, -0.15) is 0 Å². The lowest BCUT2D eigenvalue weighted by atomic mass is 10.0. The van der Waals surface area contributed by atoms with Crippen LogP contribution in [-0.2, 0) is 14.3 Å². The number of amides is 2. The van der Waals surface area contributed by atoms with Crippen LogP contribution in [0.15, 0.2) is 42.5 Å². The van der Waals surface area contributed by atoms with E-state index in [0.717, 1.165) is 17.2 Å². The van der Waals surface area contributed by atoms with Crippen LogP contribution in [0.25, 0.3) is 10.8 Å². The third-order valence-corrected chi connectivity index (χ3v) is 4.48. The fraction of sp³-hybridized carbons (Fsp3) is 0.316. The van der Waals surface area contributed by atoms with Gasteiger partial charge in [-0.05, 0) is 29.7 Å². The Labute approximate surface area is 145 Å². The monoisotopic (exact) mass is 340 g/mol. The topological polar surface area (TPSA) is 75.7 Å². The summed E-state index contributed by atoms with van der Waals surface area (Å²) in [6.07, 6.45) is 1.35. The van der Waals surface area contributed by atoms with Gasteiger partial charge < -0.3 is 15.0 Å². The van der Waals surface area contributed by atoms with Crippen molar-refractivity contribution in [3.63, 3.8) is 0 Å². The number of hydrogen-bond donors (Lipinski definition) is 1. The molecule has 1 saturated heterocycles. The van der Waals surface area contributed by atoms with Crippen molar-refractivity contribution >= 4 is 28.6 Å². The average molecular weight is 340 g/mol. The summed E-state index contributed by atoms with van der Waals surface area (Å²) in [5.41, 5.74) is 0.525. The summed E-state index contributed by atoms with van der Waals surface area (Å²) < 4.78 is 4.74. The molecule has 3 rings (SSSR count). The summed E-state index contributed by atoms with van der Waals surface area (Å²) in [6, 6.07) is 12.5. The molecule has 1 N–H and O–H groups in total. The number of likely N-dealkylation sites (tertiary alicyclic amines) is 1. The van der Waals surface area contributed by atoms with Crippen molar-refractivity contribution in [1.29, 1.82) is 0 Å². The Balaban J connectivity index is 1.67. The molecule has 1 fully saturated rings. The van der Waals surface area contributed by atoms with Crippen LogP contribution in [0.2, 0.25) is 0 Å². The number of benzene rings is 2. The van der Waals surface area contributed by atoms with Gasteiger partial charge in [0.25, 0.3) is 5.91 Å². The molecular formula is C19H20N2O4. The second-order valence-corrected chi connectivity index (χ2v) is 5.98. The van der Waals surface area contributed by atoms with E-state index in [4.69, 9.17) is 4.74 Å². The lowest BCUT2D eigenvalue weighted by Crippen LogP contribution is -2.45. The lowest BCUT2D eigenvalue weighted by Gasteiger charge is -2.22. The Morgan fingerprint density at radius 2 is 1.92 bits per heavy atom. The molecule has 0 aromatic heterocycles. The van der Waals surface area contributed by atoms with Crippen molar-refractivity contribution < 1.29 is 19.1 Å². The average Bonchev–Trinajstić information content (AvgIpc) is 3.14. The molecule has 25 heavy (non-hydrogen) atoms. The predicted octanol–water partition coefficient (Wildman–Crippen LogP) is 1.73. The molecule has 1 atom stereocenters. The number of ether oxygens (including phenoxy) is 1. The van der Waals surface area contributed by atoms with E-state index in [1.54, 1.807) is 6.07 Å². The van der Waals surface area contributed by atoms with E-state index in [0.29, 0.717) is 18.5 Å². The van der Waals surface area contributed by atoms with Gasteiger partial charge in [0.15, 0.2) is 0 Å². The summed E-state index contributed by atoms with van der Waals surface area (Å²) >= 11 is 0. The number of methoxy groups -OCH3 is 1. The van der Waals surface area contributed by atoms with Gasteiger partial charge in [-0.1, -0.05) is 36.4 Å². The minimum absolute atomic E-state index is 0.143. The molecule has 0 saturated carbocycles. The van der Waals surface area contributed by atoms with Crippen molar-refractivity contribution in [3.05, 3.63) is 48.0 Å². The number of fused-ring (bicyclic) bond motifs is 1. The van der Waals surface area contributed by atoms with Crippen LogP contribution in [0, 0.1) is 0 Å². The second-order valence-electron chi connectivity index (χ2n) is 5.98. The van der Waals surface area contributed by atoms with Crippen molar-refractivity contribution in [2.75, 3.05) is 20.2 Å². The van der Waals surface area contributed by atoms with Gasteiger partial charge in [-0.15, -0.1) is 0 Å². The number of carbonyl (C=O) groups excluding carboxylic acids is 3. The molecule has 0 bridgehead atoms. The summed E-state index contributed by atoms with van der Waals surface area (Å²) in [5.74, 6) is -0.994. The quantitative estimate of drug-likeness (QED) is 0.860. The molecule has 1 unspecified atom stereocenters. The van der Waals surface area contributed by atoms with Crippen LogP contribution in [0.5, 0.6) is 0 Å². The predicted molar refractivity (Wildman–Crippen MR) is 93.0 cm³/mol. The smallest absolute Gasteiger partial charge is 0.328 e. The molecule has 130 valence electrons. The van der Waals surface area contributed by atoms with E-state index < -0.39 is 12.0 Å². The van der Waals surface area contributed by atoms with Crippen LogP contribution in [0.1, 0.15) is 23.2 Å². The molecule has 2 amide bonds. The fourth-order valence-corrected chi connectivity index (χ4v) is 3.22. The first-order chi connectivity index (χ1) is 12.1. The summed E-state index contributed by atoms with van der Waals surface area (Å²) in [5, 5.41) is 4.46. The van der Waals surface area contributed by atoms with Gasteiger partial charge in [-0.25, -0.2) is 4.79 Å². The van der Waals surface area contributed by atoms with Gasteiger partial charge in [0, 0.05) is 12.1 Å². The number of esters is 1. The Morgan fingerprint density at radius 1 is 1.16 bits per heavy atom. The highest BCUT2D eigenvalue weighted by Crippen LogP contribution is 2.19. The summed E-state index contributed by atoms with van der Waals surface area (Å²) in [7, 11) is 1.31. The minimum Gasteiger partial charge on any atom is -0.467 e.